The Bertz CT molecular complexity index is 902. The fourth-order valence-corrected chi connectivity index (χ4v) is 3.24. The molecule has 2 heterocycles. The van der Waals surface area contributed by atoms with E-state index in [9.17, 15) is 9.18 Å². The highest BCUT2D eigenvalue weighted by molar-refractivity contribution is 5.94. The summed E-state index contributed by atoms with van der Waals surface area (Å²) in [6.45, 7) is 1.17. The van der Waals surface area contributed by atoms with Crippen LogP contribution in [-0.4, -0.2) is 34.0 Å². The van der Waals surface area contributed by atoms with Gasteiger partial charge in [-0.15, -0.1) is 0 Å². The fourth-order valence-electron chi connectivity index (χ4n) is 3.24. The molecule has 1 fully saturated rings. The second-order valence-electron chi connectivity index (χ2n) is 6.40. The van der Waals surface area contributed by atoms with Gasteiger partial charge in [0, 0.05) is 30.1 Å². The third-order valence-electron chi connectivity index (χ3n) is 4.68. The summed E-state index contributed by atoms with van der Waals surface area (Å²) >= 11 is 0. The van der Waals surface area contributed by atoms with Gasteiger partial charge in [0.2, 0.25) is 11.7 Å². The Balaban J connectivity index is 1.41. The van der Waals surface area contributed by atoms with Gasteiger partial charge < -0.3 is 9.42 Å². The number of aromatic nitrogens is 2. The molecule has 1 aromatic heterocycles. The topological polar surface area (TPSA) is 59.2 Å². The van der Waals surface area contributed by atoms with Gasteiger partial charge in [0.05, 0.1) is 0 Å². The van der Waals surface area contributed by atoms with Crippen LogP contribution in [0, 0.1) is 5.82 Å². The quantitative estimate of drug-likeness (QED) is 0.718. The van der Waals surface area contributed by atoms with E-state index in [0.717, 1.165) is 18.4 Å². The molecule has 0 radical (unpaired) electrons. The van der Waals surface area contributed by atoms with E-state index in [1.807, 2.05) is 30.3 Å². The summed E-state index contributed by atoms with van der Waals surface area (Å²) in [6.07, 6.45) is 1.49. The number of halogens is 1. The summed E-state index contributed by atoms with van der Waals surface area (Å²) in [5, 5.41) is 4.06. The van der Waals surface area contributed by atoms with Crippen molar-refractivity contribution >= 4 is 5.91 Å². The molecule has 0 aliphatic carbocycles. The maximum absolute atomic E-state index is 13.3. The van der Waals surface area contributed by atoms with Gasteiger partial charge in [0.1, 0.15) is 5.82 Å². The van der Waals surface area contributed by atoms with Crippen LogP contribution in [0.15, 0.2) is 59.1 Å². The van der Waals surface area contributed by atoms with Crippen LogP contribution < -0.4 is 0 Å². The van der Waals surface area contributed by atoms with Gasteiger partial charge in [0.15, 0.2) is 0 Å². The van der Waals surface area contributed by atoms with E-state index < -0.39 is 5.82 Å². The number of hydrogen-bond donors (Lipinski definition) is 0. The van der Waals surface area contributed by atoms with E-state index >= 15 is 0 Å². The maximum atomic E-state index is 13.3. The minimum absolute atomic E-state index is 0.136. The van der Waals surface area contributed by atoms with Crippen molar-refractivity contribution < 1.29 is 13.7 Å². The molecule has 26 heavy (non-hydrogen) atoms. The van der Waals surface area contributed by atoms with E-state index in [0.29, 0.717) is 30.4 Å². The van der Waals surface area contributed by atoms with Crippen molar-refractivity contribution in [2.45, 2.75) is 18.8 Å². The van der Waals surface area contributed by atoms with E-state index in [4.69, 9.17) is 4.52 Å². The van der Waals surface area contributed by atoms with Gasteiger partial charge in [-0.2, -0.15) is 4.98 Å². The zero-order valence-corrected chi connectivity index (χ0v) is 14.1. The van der Waals surface area contributed by atoms with Crippen LogP contribution in [0.3, 0.4) is 0 Å². The standard InChI is InChI=1S/C20H18FN3O2/c21-17-8-4-7-16(13-17)20(25)24-11-9-15(10-12-24)19-22-18(23-26-19)14-5-2-1-3-6-14/h1-8,13,15H,9-12H2. The molecule has 1 aliphatic heterocycles. The Labute approximate surface area is 150 Å². The number of rotatable bonds is 3. The zero-order chi connectivity index (χ0) is 17.9. The second kappa shape index (κ2) is 7.07. The fraction of sp³-hybridized carbons (Fsp3) is 0.250. The minimum atomic E-state index is -0.398. The molecule has 4 rings (SSSR count). The predicted molar refractivity (Wildman–Crippen MR) is 94.0 cm³/mol. The molecule has 2 aromatic carbocycles. The van der Waals surface area contributed by atoms with Crippen molar-refractivity contribution in [3.05, 3.63) is 71.9 Å². The molecule has 3 aromatic rings. The summed E-state index contributed by atoms with van der Waals surface area (Å²) in [6, 6.07) is 15.5. The van der Waals surface area contributed by atoms with Crippen LogP contribution in [0.1, 0.15) is 35.0 Å². The highest BCUT2D eigenvalue weighted by atomic mass is 19.1. The highest BCUT2D eigenvalue weighted by Crippen LogP contribution is 2.29. The zero-order valence-electron chi connectivity index (χ0n) is 14.1. The largest absolute Gasteiger partial charge is 0.339 e. The number of nitrogens with zero attached hydrogens (tertiary/aromatic N) is 3. The van der Waals surface area contributed by atoms with Crippen LogP contribution in [-0.2, 0) is 0 Å². The minimum Gasteiger partial charge on any atom is -0.339 e. The molecule has 132 valence electrons. The number of hydrogen-bond acceptors (Lipinski definition) is 4. The Morgan fingerprint density at radius 1 is 1.08 bits per heavy atom. The lowest BCUT2D eigenvalue weighted by Gasteiger charge is -2.30. The van der Waals surface area contributed by atoms with Gasteiger partial charge in [-0.3, -0.25) is 4.79 Å². The molecule has 0 spiro atoms. The maximum Gasteiger partial charge on any atom is 0.253 e. The van der Waals surface area contributed by atoms with Crippen molar-refractivity contribution in [2.75, 3.05) is 13.1 Å². The van der Waals surface area contributed by atoms with Crippen LogP contribution in [0.25, 0.3) is 11.4 Å². The van der Waals surface area contributed by atoms with Crippen molar-refractivity contribution in [2.24, 2.45) is 0 Å². The monoisotopic (exact) mass is 351 g/mol. The summed E-state index contributed by atoms with van der Waals surface area (Å²) in [4.78, 5) is 18.8. The van der Waals surface area contributed by atoms with Crippen LogP contribution in [0.4, 0.5) is 4.39 Å². The Hall–Kier alpha value is -3.02. The molecular weight excluding hydrogens is 333 g/mol. The number of carbonyl (C=O) groups excluding carboxylic acids is 1. The number of carbonyl (C=O) groups is 1. The normalized spacial score (nSPS) is 15.2. The molecule has 0 unspecified atom stereocenters. The SMILES string of the molecule is O=C(c1cccc(F)c1)N1CCC(c2nc(-c3ccccc3)no2)CC1. The Morgan fingerprint density at radius 3 is 2.58 bits per heavy atom. The first-order valence-electron chi connectivity index (χ1n) is 8.64. The molecule has 1 amide bonds. The lowest BCUT2D eigenvalue weighted by atomic mass is 9.96. The first-order chi connectivity index (χ1) is 12.7. The second-order valence-corrected chi connectivity index (χ2v) is 6.40. The number of piperidine rings is 1. The van der Waals surface area contributed by atoms with E-state index in [1.165, 1.54) is 12.1 Å². The van der Waals surface area contributed by atoms with Gasteiger partial charge in [-0.05, 0) is 31.0 Å². The first kappa shape index (κ1) is 16.4. The van der Waals surface area contributed by atoms with Crippen molar-refractivity contribution in [1.82, 2.24) is 15.0 Å². The lowest BCUT2D eigenvalue weighted by Crippen LogP contribution is -2.38. The van der Waals surface area contributed by atoms with Gasteiger partial charge in [0.25, 0.3) is 5.91 Å². The summed E-state index contributed by atoms with van der Waals surface area (Å²) in [5.41, 5.74) is 1.30. The van der Waals surface area contributed by atoms with Crippen LogP contribution >= 0.6 is 0 Å². The summed E-state index contributed by atoms with van der Waals surface area (Å²) < 4.78 is 18.8. The molecule has 5 nitrogen and oxygen atoms in total. The van der Waals surface area contributed by atoms with E-state index in [-0.39, 0.29) is 11.8 Å². The number of likely N-dealkylation sites (tertiary alicyclic amines) is 1. The van der Waals surface area contributed by atoms with E-state index in [2.05, 4.69) is 10.1 Å². The molecule has 0 bridgehead atoms. The number of benzene rings is 2. The first-order valence-corrected chi connectivity index (χ1v) is 8.64. The highest BCUT2D eigenvalue weighted by Gasteiger charge is 2.28. The van der Waals surface area contributed by atoms with Crippen LogP contribution in [0.5, 0.6) is 0 Å². The molecule has 1 aliphatic rings. The van der Waals surface area contributed by atoms with E-state index in [1.54, 1.807) is 17.0 Å². The third kappa shape index (κ3) is 3.35. The van der Waals surface area contributed by atoms with Gasteiger partial charge in [-0.25, -0.2) is 4.39 Å². The lowest BCUT2D eigenvalue weighted by molar-refractivity contribution is 0.0704. The van der Waals surface area contributed by atoms with Crippen molar-refractivity contribution in [1.29, 1.82) is 0 Å². The molecular formula is C20H18FN3O2. The summed E-state index contributed by atoms with van der Waals surface area (Å²) in [7, 11) is 0. The molecule has 0 N–H and O–H groups in total. The Morgan fingerprint density at radius 2 is 1.85 bits per heavy atom. The molecule has 1 saturated heterocycles. The average molecular weight is 351 g/mol. The third-order valence-corrected chi connectivity index (χ3v) is 4.68. The average Bonchev–Trinajstić information content (AvgIpc) is 3.18. The van der Waals surface area contributed by atoms with Crippen LogP contribution in [0.2, 0.25) is 0 Å². The molecule has 6 heteroatoms. The summed E-state index contributed by atoms with van der Waals surface area (Å²) in [5.74, 6) is 0.792. The Kier molecular flexibility index (Phi) is 4.48. The molecule has 0 atom stereocenters. The van der Waals surface area contributed by atoms with Gasteiger partial charge >= 0.3 is 0 Å². The number of amides is 1. The van der Waals surface area contributed by atoms with Gasteiger partial charge in [-0.1, -0.05) is 41.6 Å². The van der Waals surface area contributed by atoms with Crippen molar-refractivity contribution in [3.63, 3.8) is 0 Å². The predicted octanol–water partition coefficient (Wildman–Crippen LogP) is 3.90. The van der Waals surface area contributed by atoms with Crippen molar-refractivity contribution in [3.8, 4) is 11.4 Å². The molecule has 0 saturated carbocycles. The smallest absolute Gasteiger partial charge is 0.253 e.